The Labute approximate surface area is 182 Å². The molecule has 4 aromatic rings. The molecule has 0 spiro atoms. The first kappa shape index (κ1) is 18.7. The standard InChI is InChI=1S/C24H29N7/c1-2-21-26-10-13-31(21)23(3-1)29-16-14-28(15-17-29)22-5-4-20-8-12-30(24(20)27-22)11-7-19-6-9-25-18-19/h1-5,8,10,12-13,19,25H,6-7,9,11,14-18H2. The topological polar surface area (TPSA) is 53.6 Å². The highest BCUT2D eigenvalue weighted by atomic mass is 15.3. The minimum Gasteiger partial charge on any atom is -0.354 e. The van der Waals surface area contributed by atoms with Crippen LogP contribution < -0.4 is 15.1 Å². The van der Waals surface area contributed by atoms with Gasteiger partial charge in [-0.25, -0.2) is 9.97 Å². The molecule has 1 atom stereocenters. The van der Waals surface area contributed by atoms with E-state index < -0.39 is 0 Å². The Balaban J connectivity index is 1.17. The zero-order valence-corrected chi connectivity index (χ0v) is 17.8. The van der Waals surface area contributed by atoms with E-state index in [4.69, 9.17) is 4.98 Å². The summed E-state index contributed by atoms with van der Waals surface area (Å²) in [6.07, 6.45) is 8.64. The average molecular weight is 416 g/mol. The van der Waals surface area contributed by atoms with Crippen LogP contribution in [0.2, 0.25) is 0 Å². The molecule has 1 N–H and O–H groups in total. The molecule has 2 saturated heterocycles. The lowest BCUT2D eigenvalue weighted by Crippen LogP contribution is -2.47. The van der Waals surface area contributed by atoms with Crippen LogP contribution in [0.3, 0.4) is 0 Å². The highest BCUT2D eigenvalue weighted by Gasteiger charge is 2.21. The fourth-order valence-corrected chi connectivity index (χ4v) is 5.04. The van der Waals surface area contributed by atoms with Crippen LogP contribution in [-0.2, 0) is 6.54 Å². The van der Waals surface area contributed by atoms with E-state index in [-0.39, 0.29) is 0 Å². The molecule has 31 heavy (non-hydrogen) atoms. The summed E-state index contributed by atoms with van der Waals surface area (Å²) in [5.74, 6) is 3.11. The van der Waals surface area contributed by atoms with E-state index in [9.17, 15) is 0 Å². The fourth-order valence-electron chi connectivity index (χ4n) is 5.04. The van der Waals surface area contributed by atoms with Gasteiger partial charge in [-0.15, -0.1) is 0 Å². The van der Waals surface area contributed by atoms with E-state index in [1.165, 1.54) is 30.6 Å². The van der Waals surface area contributed by atoms with E-state index in [0.717, 1.165) is 62.3 Å². The number of imidazole rings is 1. The molecule has 7 heteroatoms. The summed E-state index contributed by atoms with van der Waals surface area (Å²) < 4.78 is 4.51. The number of hydrogen-bond acceptors (Lipinski definition) is 5. The molecule has 4 aromatic heterocycles. The van der Waals surface area contributed by atoms with Gasteiger partial charge in [0.05, 0.1) is 0 Å². The Morgan fingerprint density at radius 1 is 0.968 bits per heavy atom. The van der Waals surface area contributed by atoms with Gasteiger partial charge in [-0.2, -0.15) is 0 Å². The van der Waals surface area contributed by atoms with Gasteiger partial charge in [0.15, 0.2) is 0 Å². The van der Waals surface area contributed by atoms with E-state index in [2.05, 4.69) is 71.7 Å². The molecular formula is C24H29N7. The predicted molar refractivity (Wildman–Crippen MR) is 125 cm³/mol. The Kier molecular flexibility index (Phi) is 4.76. The summed E-state index contributed by atoms with van der Waals surface area (Å²) in [5.41, 5.74) is 2.12. The third-order valence-electron chi connectivity index (χ3n) is 6.87. The SMILES string of the molecule is c1cc(N2CCN(c3ccc4ccn(CCC5CCNC5)c4n3)CC2)n2ccnc2c1. The maximum absolute atomic E-state index is 5.08. The highest BCUT2D eigenvalue weighted by molar-refractivity contribution is 5.78. The molecule has 1 unspecified atom stereocenters. The van der Waals surface area contributed by atoms with Crippen LogP contribution >= 0.6 is 0 Å². The van der Waals surface area contributed by atoms with Crippen LogP contribution in [0.15, 0.2) is 55.0 Å². The van der Waals surface area contributed by atoms with Crippen molar-refractivity contribution in [1.29, 1.82) is 0 Å². The Morgan fingerprint density at radius 3 is 2.74 bits per heavy atom. The van der Waals surface area contributed by atoms with Gasteiger partial charge in [0.1, 0.15) is 22.9 Å². The number of aryl methyl sites for hydroxylation is 1. The van der Waals surface area contributed by atoms with Crippen molar-refractivity contribution in [3.8, 4) is 0 Å². The molecule has 7 nitrogen and oxygen atoms in total. The Bertz CT molecular complexity index is 1180. The summed E-state index contributed by atoms with van der Waals surface area (Å²) in [4.78, 5) is 14.4. The molecule has 2 aliphatic heterocycles. The van der Waals surface area contributed by atoms with Gasteiger partial charge in [0.25, 0.3) is 0 Å². The molecule has 6 heterocycles. The second-order valence-electron chi connectivity index (χ2n) is 8.75. The minimum atomic E-state index is 0.800. The van der Waals surface area contributed by atoms with Crippen LogP contribution in [0.1, 0.15) is 12.8 Å². The van der Waals surface area contributed by atoms with Crippen molar-refractivity contribution in [3.63, 3.8) is 0 Å². The van der Waals surface area contributed by atoms with Crippen molar-refractivity contribution in [1.82, 2.24) is 24.3 Å². The van der Waals surface area contributed by atoms with Crippen LogP contribution in [-0.4, -0.2) is 58.2 Å². The number of piperazine rings is 1. The lowest BCUT2D eigenvalue weighted by atomic mass is 10.1. The second-order valence-corrected chi connectivity index (χ2v) is 8.75. The molecule has 160 valence electrons. The molecule has 6 rings (SSSR count). The predicted octanol–water partition coefficient (Wildman–Crippen LogP) is 3.01. The van der Waals surface area contributed by atoms with E-state index >= 15 is 0 Å². The normalized spacial score (nSPS) is 19.7. The number of rotatable bonds is 5. The number of nitrogens with one attached hydrogen (secondary N) is 1. The number of nitrogens with zero attached hydrogens (tertiary/aromatic N) is 6. The Hall–Kier alpha value is -3.06. The summed E-state index contributed by atoms with van der Waals surface area (Å²) in [5, 5.41) is 4.71. The molecule has 0 radical (unpaired) electrons. The molecule has 0 aliphatic carbocycles. The maximum atomic E-state index is 5.08. The minimum absolute atomic E-state index is 0.800. The quantitative estimate of drug-likeness (QED) is 0.543. The number of pyridine rings is 2. The maximum Gasteiger partial charge on any atom is 0.142 e. The molecular weight excluding hydrogens is 386 g/mol. The van der Waals surface area contributed by atoms with Gasteiger partial charge in [0, 0.05) is 56.7 Å². The van der Waals surface area contributed by atoms with Crippen molar-refractivity contribution < 1.29 is 0 Å². The number of fused-ring (bicyclic) bond motifs is 2. The van der Waals surface area contributed by atoms with Gasteiger partial charge in [-0.3, -0.25) is 4.40 Å². The molecule has 2 aliphatic rings. The third kappa shape index (κ3) is 3.53. The molecule has 0 aromatic carbocycles. The fraction of sp³-hybridized carbons (Fsp3) is 0.417. The highest BCUT2D eigenvalue weighted by Crippen LogP contribution is 2.24. The van der Waals surface area contributed by atoms with E-state index in [1.54, 1.807) is 0 Å². The molecule has 0 saturated carbocycles. The third-order valence-corrected chi connectivity index (χ3v) is 6.87. The van der Waals surface area contributed by atoms with Crippen molar-refractivity contribution in [2.45, 2.75) is 19.4 Å². The second kappa shape index (κ2) is 7.89. The van der Waals surface area contributed by atoms with Crippen LogP contribution in [0, 0.1) is 5.92 Å². The smallest absolute Gasteiger partial charge is 0.142 e. The summed E-state index contributed by atoms with van der Waals surface area (Å²) >= 11 is 0. The zero-order valence-electron chi connectivity index (χ0n) is 17.8. The van der Waals surface area contributed by atoms with Crippen LogP contribution in [0.4, 0.5) is 11.6 Å². The van der Waals surface area contributed by atoms with Gasteiger partial charge in [-0.05, 0) is 62.2 Å². The first-order valence-electron chi connectivity index (χ1n) is 11.4. The molecule has 0 amide bonds. The largest absolute Gasteiger partial charge is 0.354 e. The van der Waals surface area contributed by atoms with Gasteiger partial charge < -0.3 is 19.7 Å². The monoisotopic (exact) mass is 415 g/mol. The first-order valence-corrected chi connectivity index (χ1v) is 11.4. The van der Waals surface area contributed by atoms with Crippen LogP contribution in [0.5, 0.6) is 0 Å². The van der Waals surface area contributed by atoms with Gasteiger partial charge >= 0.3 is 0 Å². The molecule has 2 fully saturated rings. The Morgan fingerprint density at radius 2 is 1.87 bits per heavy atom. The summed E-state index contributed by atoms with van der Waals surface area (Å²) in [6, 6.07) is 12.9. The summed E-state index contributed by atoms with van der Waals surface area (Å²) in [6.45, 7) is 7.28. The number of hydrogen-bond donors (Lipinski definition) is 1. The molecule has 0 bridgehead atoms. The first-order chi connectivity index (χ1) is 15.3. The van der Waals surface area contributed by atoms with E-state index in [0.29, 0.717) is 0 Å². The lowest BCUT2D eigenvalue weighted by Gasteiger charge is -2.36. The van der Waals surface area contributed by atoms with E-state index in [1.807, 2.05) is 12.4 Å². The van der Waals surface area contributed by atoms with Crippen molar-refractivity contribution in [2.75, 3.05) is 49.1 Å². The van der Waals surface area contributed by atoms with Gasteiger partial charge in [0.2, 0.25) is 0 Å². The van der Waals surface area contributed by atoms with Crippen molar-refractivity contribution in [2.24, 2.45) is 5.92 Å². The van der Waals surface area contributed by atoms with Crippen molar-refractivity contribution in [3.05, 3.63) is 55.0 Å². The van der Waals surface area contributed by atoms with Gasteiger partial charge in [-0.1, -0.05) is 6.07 Å². The zero-order chi connectivity index (χ0) is 20.6. The van der Waals surface area contributed by atoms with Crippen LogP contribution in [0.25, 0.3) is 16.7 Å². The lowest BCUT2D eigenvalue weighted by molar-refractivity contribution is 0.485. The summed E-state index contributed by atoms with van der Waals surface area (Å²) in [7, 11) is 0. The van der Waals surface area contributed by atoms with Crippen molar-refractivity contribution >= 4 is 28.3 Å². The number of anilines is 2. The number of aromatic nitrogens is 4. The average Bonchev–Trinajstić information content (AvgIpc) is 3.58.